The number of rotatable bonds is 11. The van der Waals surface area contributed by atoms with Gasteiger partial charge in [0.15, 0.2) is 11.5 Å². The van der Waals surface area contributed by atoms with E-state index in [2.05, 4.69) is 31.3 Å². The zero-order valence-electron chi connectivity index (χ0n) is 21.4. The monoisotopic (exact) mass is 510 g/mol. The second-order valence-corrected chi connectivity index (χ2v) is 11.1. The highest BCUT2D eigenvalue weighted by atomic mass is 32.2. The lowest BCUT2D eigenvalue weighted by Crippen LogP contribution is -2.45. The van der Waals surface area contributed by atoms with Gasteiger partial charge in [0.05, 0.1) is 24.8 Å². The summed E-state index contributed by atoms with van der Waals surface area (Å²) >= 11 is 0. The normalized spacial score (nSPS) is 12.5. The van der Waals surface area contributed by atoms with Crippen LogP contribution in [0.25, 0.3) is 0 Å². The fourth-order valence-electron chi connectivity index (χ4n) is 4.29. The minimum Gasteiger partial charge on any atom is -0.493 e. The topological polar surface area (TPSA) is 84.9 Å². The van der Waals surface area contributed by atoms with Crippen LogP contribution < -0.4 is 19.1 Å². The number of sulfonamides is 1. The molecule has 8 heteroatoms. The van der Waals surface area contributed by atoms with Gasteiger partial charge in [0.1, 0.15) is 6.54 Å². The van der Waals surface area contributed by atoms with Crippen LogP contribution in [0.1, 0.15) is 32.8 Å². The number of ether oxygens (including phenoxy) is 2. The number of amides is 1. The van der Waals surface area contributed by atoms with Gasteiger partial charge < -0.3 is 14.8 Å². The predicted molar refractivity (Wildman–Crippen MR) is 142 cm³/mol. The number of benzene rings is 3. The maximum Gasteiger partial charge on any atom is 0.264 e. The van der Waals surface area contributed by atoms with Crippen LogP contribution in [0.15, 0.2) is 83.8 Å². The van der Waals surface area contributed by atoms with Gasteiger partial charge in [-0.15, -0.1) is 0 Å². The van der Waals surface area contributed by atoms with Gasteiger partial charge >= 0.3 is 0 Å². The van der Waals surface area contributed by atoms with E-state index in [0.29, 0.717) is 23.6 Å². The molecular formula is C28H34N2O5S. The maximum absolute atomic E-state index is 13.6. The van der Waals surface area contributed by atoms with E-state index in [-0.39, 0.29) is 22.9 Å². The summed E-state index contributed by atoms with van der Waals surface area (Å²) in [5.74, 6) is 0.418. The average molecular weight is 511 g/mol. The molecule has 0 saturated heterocycles. The molecule has 0 aliphatic rings. The number of methoxy groups -OCH3 is 2. The van der Waals surface area contributed by atoms with Crippen LogP contribution in [0.5, 0.6) is 11.5 Å². The molecule has 1 N–H and O–H groups in total. The van der Waals surface area contributed by atoms with Gasteiger partial charge in [0.2, 0.25) is 5.91 Å². The first-order valence-electron chi connectivity index (χ1n) is 11.7. The van der Waals surface area contributed by atoms with E-state index < -0.39 is 15.9 Å². The van der Waals surface area contributed by atoms with Gasteiger partial charge in [-0.3, -0.25) is 9.10 Å². The molecule has 0 heterocycles. The second kappa shape index (κ2) is 11.5. The molecule has 0 aromatic heterocycles. The number of carbonyl (C=O) groups excluding carboxylic acids is 1. The Labute approximate surface area is 214 Å². The van der Waals surface area contributed by atoms with E-state index in [0.717, 1.165) is 4.31 Å². The van der Waals surface area contributed by atoms with Crippen molar-refractivity contribution in [1.82, 2.24) is 5.32 Å². The van der Waals surface area contributed by atoms with Crippen LogP contribution >= 0.6 is 0 Å². The fourth-order valence-corrected chi connectivity index (χ4v) is 5.72. The van der Waals surface area contributed by atoms with Gasteiger partial charge in [-0.2, -0.15) is 0 Å². The standard InChI is InChI=1S/C28H34N2O5S/c1-21(19-28(2,3)22-12-8-6-9-13-22)29-27(31)20-30(36(32,33)24-14-10-7-11-15-24)23-16-17-25(34-4)26(18-23)35-5/h6-18,21H,19-20H2,1-5H3,(H,29,31). The molecule has 0 radical (unpaired) electrons. The highest BCUT2D eigenvalue weighted by Crippen LogP contribution is 2.34. The molecule has 7 nitrogen and oxygen atoms in total. The van der Waals surface area contributed by atoms with Gasteiger partial charge in [-0.05, 0) is 48.6 Å². The zero-order chi connectivity index (χ0) is 26.3. The molecule has 36 heavy (non-hydrogen) atoms. The number of anilines is 1. The van der Waals surface area contributed by atoms with Crippen LogP contribution in [-0.2, 0) is 20.2 Å². The summed E-state index contributed by atoms with van der Waals surface area (Å²) in [6.45, 7) is 5.79. The van der Waals surface area contributed by atoms with Gasteiger partial charge in [-0.1, -0.05) is 62.4 Å². The quantitative estimate of drug-likeness (QED) is 0.402. The number of hydrogen-bond acceptors (Lipinski definition) is 5. The van der Waals surface area contributed by atoms with Gasteiger partial charge in [0, 0.05) is 12.1 Å². The molecular weight excluding hydrogens is 476 g/mol. The Kier molecular flexibility index (Phi) is 8.63. The van der Waals surface area contributed by atoms with Crippen molar-refractivity contribution in [2.45, 2.75) is 43.5 Å². The average Bonchev–Trinajstić information content (AvgIpc) is 2.87. The summed E-state index contributed by atoms with van der Waals surface area (Å²) < 4.78 is 38.9. The van der Waals surface area contributed by atoms with Crippen molar-refractivity contribution in [3.63, 3.8) is 0 Å². The van der Waals surface area contributed by atoms with Gasteiger partial charge in [-0.25, -0.2) is 8.42 Å². The van der Waals surface area contributed by atoms with Gasteiger partial charge in [0.25, 0.3) is 10.0 Å². The number of nitrogens with zero attached hydrogens (tertiary/aromatic N) is 1. The number of carbonyl (C=O) groups is 1. The molecule has 1 atom stereocenters. The Hall–Kier alpha value is -3.52. The van der Waals surface area contributed by atoms with E-state index in [1.54, 1.807) is 36.4 Å². The third-order valence-corrected chi connectivity index (χ3v) is 7.84. The van der Waals surface area contributed by atoms with E-state index >= 15 is 0 Å². The van der Waals surface area contributed by atoms with Crippen LogP contribution in [0.2, 0.25) is 0 Å². The van der Waals surface area contributed by atoms with Crippen LogP contribution in [-0.4, -0.2) is 41.1 Å². The second-order valence-electron chi connectivity index (χ2n) is 9.29. The first-order valence-corrected chi connectivity index (χ1v) is 13.2. The highest BCUT2D eigenvalue weighted by Gasteiger charge is 2.29. The number of hydrogen-bond donors (Lipinski definition) is 1. The number of nitrogens with one attached hydrogen (secondary N) is 1. The van der Waals surface area contributed by atoms with E-state index in [1.807, 2.05) is 25.1 Å². The third-order valence-electron chi connectivity index (χ3n) is 6.05. The molecule has 0 spiro atoms. The molecule has 1 amide bonds. The van der Waals surface area contributed by atoms with Crippen molar-refractivity contribution in [3.8, 4) is 11.5 Å². The minimum absolute atomic E-state index is 0.0887. The molecule has 3 aromatic carbocycles. The summed E-state index contributed by atoms with van der Waals surface area (Å²) in [6.07, 6.45) is 0.685. The lowest BCUT2D eigenvalue weighted by Gasteiger charge is -2.30. The Morgan fingerprint density at radius 2 is 1.50 bits per heavy atom. The third kappa shape index (κ3) is 6.37. The minimum atomic E-state index is -4.03. The molecule has 3 aromatic rings. The summed E-state index contributed by atoms with van der Waals surface area (Å²) in [7, 11) is -1.06. The molecule has 0 fully saturated rings. The first-order chi connectivity index (χ1) is 17.1. The SMILES string of the molecule is COc1ccc(N(CC(=O)NC(C)CC(C)(C)c2ccccc2)S(=O)(=O)c2ccccc2)cc1OC. The molecule has 192 valence electrons. The molecule has 3 rings (SSSR count). The summed E-state index contributed by atoms with van der Waals surface area (Å²) in [6, 6.07) is 22.7. The van der Waals surface area contributed by atoms with Crippen molar-refractivity contribution in [2.75, 3.05) is 25.1 Å². The predicted octanol–water partition coefficient (Wildman–Crippen LogP) is 4.77. The highest BCUT2D eigenvalue weighted by molar-refractivity contribution is 7.92. The van der Waals surface area contributed by atoms with Crippen molar-refractivity contribution >= 4 is 21.6 Å². The molecule has 0 aliphatic heterocycles. The summed E-state index contributed by atoms with van der Waals surface area (Å²) in [4.78, 5) is 13.2. The largest absolute Gasteiger partial charge is 0.493 e. The summed E-state index contributed by atoms with van der Waals surface area (Å²) in [5.41, 5.74) is 1.29. The molecule has 0 bridgehead atoms. The molecule has 1 unspecified atom stereocenters. The van der Waals surface area contributed by atoms with Crippen molar-refractivity contribution in [3.05, 3.63) is 84.4 Å². The van der Waals surface area contributed by atoms with Crippen molar-refractivity contribution < 1.29 is 22.7 Å². The molecule has 0 aliphatic carbocycles. The van der Waals surface area contributed by atoms with Crippen molar-refractivity contribution in [1.29, 1.82) is 0 Å². The Morgan fingerprint density at radius 1 is 0.917 bits per heavy atom. The van der Waals surface area contributed by atoms with Crippen molar-refractivity contribution in [2.24, 2.45) is 0 Å². The van der Waals surface area contributed by atoms with E-state index in [1.165, 1.54) is 31.9 Å². The lowest BCUT2D eigenvalue weighted by atomic mass is 9.79. The van der Waals surface area contributed by atoms with Crippen LogP contribution in [0.3, 0.4) is 0 Å². The fraction of sp³-hybridized carbons (Fsp3) is 0.321. The summed E-state index contributed by atoms with van der Waals surface area (Å²) in [5, 5.41) is 2.98. The van der Waals surface area contributed by atoms with E-state index in [9.17, 15) is 13.2 Å². The van der Waals surface area contributed by atoms with Crippen LogP contribution in [0, 0.1) is 0 Å². The Bertz CT molecular complexity index is 1260. The smallest absolute Gasteiger partial charge is 0.264 e. The molecule has 0 saturated carbocycles. The van der Waals surface area contributed by atoms with E-state index in [4.69, 9.17) is 9.47 Å². The zero-order valence-corrected chi connectivity index (χ0v) is 22.2. The lowest BCUT2D eigenvalue weighted by molar-refractivity contribution is -0.120. The Morgan fingerprint density at radius 3 is 2.08 bits per heavy atom. The first kappa shape index (κ1) is 27.1. The Balaban J connectivity index is 1.86. The van der Waals surface area contributed by atoms with Crippen LogP contribution in [0.4, 0.5) is 5.69 Å². The maximum atomic E-state index is 13.6.